The van der Waals surface area contributed by atoms with Crippen LogP contribution in [0.5, 0.6) is 0 Å². The maximum Gasteiger partial charge on any atom is 0.0849 e. The monoisotopic (exact) mass is 146 g/mol. The van der Waals surface area contributed by atoms with E-state index < -0.39 is 12.2 Å². The van der Waals surface area contributed by atoms with E-state index in [-0.39, 0.29) is 12.5 Å². The third kappa shape index (κ3) is 1.48. The van der Waals surface area contributed by atoms with E-state index >= 15 is 0 Å². The topological polar surface area (TPSA) is 60.7 Å². The van der Waals surface area contributed by atoms with Gasteiger partial charge in [-0.3, -0.25) is 0 Å². The lowest BCUT2D eigenvalue weighted by Gasteiger charge is -2.30. The van der Waals surface area contributed by atoms with Crippen LogP contribution in [0.1, 0.15) is 19.3 Å². The summed E-state index contributed by atoms with van der Waals surface area (Å²) in [5, 5.41) is 27.1. The predicted molar refractivity (Wildman–Crippen MR) is 36.4 cm³/mol. The molecule has 1 saturated carbocycles. The van der Waals surface area contributed by atoms with Crippen LogP contribution in [0.3, 0.4) is 0 Å². The third-order valence-corrected chi connectivity index (χ3v) is 2.19. The predicted octanol–water partition coefficient (Wildman–Crippen LogP) is -0.499. The minimum Gasteiger partial charge on any atom is -0.396 e. The van der Waals surface area contributed by atoms with Crippen LogP contribution < -0.4 is 0 Å². The van der Waals surface area contributed by atoms with Crippen molar-refractivity contribution in [1.29, 1.82) is 0 Å². The average Bonchev–Trinajstić information content (AvgIpc) is 1.95. The lowest BCUT2D eigenvalue weighted by Crippen LogP contribution is -2.38. The molecule has 1 aliphatic rings. The highest BCUT2D eigenvalue weighted by Gasteiger charge is 2.29. The van der Waals surface area contributed by atoms with Crippen LogP contribution in [0.25, 0.3) is 0 Å². The molecule has 0 aromatic heterocycles. The molecule has 0 unspecified atom stereocenters. The Labute approximate surface area is 60.3 Å². The third-order valence-electron chi connectivity index (χ3n) is 2.19. The second kappa shape index (κ2) is 3.32. The Morgan fingerprint density at radius 3 is 2.40 bits per heavy atom. The Hall–Kier alpha value is -0.120. The number of hydrogen-bond acceptors (Lipinski definition) is 3. The molecule has 3 N–H and O–H groups in total. The molecule has 3 atom stereocenters. The Morgan fingerprint density at radius 2 is 1.90 bits per heavy atom. The van der Waals surface area contributed by atoms with Crippen molar-refractivity contribution < 1.29 is 15.3 Å². The summed E-state index contributed by atoms with van der Waals surface area (Å²) in [7, 11) is 0. The quantitative estimate of drug-likeness (QED) is 0.467. The Kier molecular flexibility index (Phi) is 2.65. The molecular formula is C7H14O3. The molecule has 60 valence electrons. The molecule has 0 aromatic carbocycles. The normalized spacial score (nSPS) is 41.7. The number of aliphatic hydroxyl groups is 3. The fraction of sp³-hybridized carbons (Fsp3) is 1.00. The maximum absolute atomic E-state index is 9.23. The van der Waals surface area contributed by atoms with Crippen molar-refractivity contribution in [2.24, 2.45) is 5.92 Å². The van der Waals surface area contributed by atoms with Gasteiger partial charge in [0.1, 0.15) is 0 Å². The van der Waals surface area contributed by atoms with Gasteiger partial charge in [-0.05, 0) is 12.8 Å². The molecule has 0 amide bonds. The van der Waals surface area contributed by atoms with Gasteiger partial charge in [0.05, 0.1) is 12.2 Å². The molecule has 1 fully saturated rings. The van der Waals surface area contributed by atoms with Crippen LogP contribution in [0.15, 0.2) is 0 Å². The first-order valence-electron chi connectivity index (χ1n) is 3.72. The van der Waals surface area contributed by atoms with Crippen molar-refractivity contribution in [3.05, 3.63) is 0 Å². The second-order valence-corrected chi connectivity index (χ2v) is 2.93. The highest BCUT2D eigenvalue weighted by Crippen LogP contribution is 2.23. The van der Waals surface area contributed by atoms with Gasteiger partial charge in [0.15, 0.2) is 0 Å². The van der Waals surface area contributed by atoms with Crippen molar-refractivity contribution in [2.75, 3.05) is 6.61 Å². The summed E-state index contributed by atoms with van der Waals surface area (Å²) in [5.41, 5.74) is 0. The van der Waals surface area contributed by atoms with Gasteiger partial charge in [-0.25, -0.2) is 0 Å². The zero-order chi connectivity index (χ0) is 7.56. The van der Waals surface area contributed by atoms with Gasteiger partial charge < -0.3 is 15.3 Å². The molecule has 0 radical (unpaired) electrons. The first-order chi connectivity index (χ1) is 4.75. The Balaban J connectivity index is 2.42. The summed E-state index contributed by atoms with van der Waals surface area (Å²) >= 11 is 0. The molecule has 0 saturated heterocycles. The summed E-state index contributed by atoms with van der Waals surface area (Å²) in [6.07, 6.45) is 1.07. The van der Waals surface area contributed by atoms with Crippen LogP contribution in [-0.4, -0.2) is 34.1 Å². The SMILES string of the molecule is OC[C@@H]1CCC[C@H](O)[C@H]1O. The summed E-state index contributed by atoms with van der Waals surface area (Å²) in [6, 6.07) is 0. The zero-order valence-corrected chi connectivity index (χ0v) is 5.90. The van der Waals surface area contributed by atoms with Crippen LogP contribution in [0.2, 0.25) is 0 Å². The van der Waals surface area contributed by atoms with Gasteiger partial charge in [-0.1, -0.05) is 6.42 Å². The van der Waals surface area contributed by atoms with Crippen molar-refractivity contribution in [3.63, 3.8) is 0 Å². The highest BCUT2D eigenvalue weighted by atomic mass is 16.3. The van der Waals surface area contributed by atoms with Gasteiger partial charge in [-0.15, -0.1) is 0 Å². The molecular weight excluding hydrogens is 132 g/mol. The molecule has 0 spiro atoms. The van der Waals surface area contributed by atoms with Gasteiger partial charge in [0.25, 0.3) is 0 Å². The van der Waals surface area contributed by atoms with E-state index in [1.165, 1.54) is 0 Å². The Bertz CT molecular complexity index is 105. The molecule has 1 aliphatic carbocycles. The molecule has 1 rings (SSSR count). The van der Waals surface area contributed by atoms with Crippen molar-refractivity contribution in [1.82, 2.24) is 0 Å². The number of hydrogen-bond donors (Lipinski definition) is 3. The van der Waals surface area contributed by atoms with E-state index in [2.05, 4.69) is 0 Å². The molecule has 3 nitrogen and oxygen atoms in total. The smallest absolute Gasteiger partial charge is 0.0849 e. The van der Waals surface area contributed by atoms with E-state index in [0.29, 0.717) is 6.42 Å². The van der Waals surface area contributed by atoms with Crippen LogP contribution >= 0.6 is 0 Å². The fourth-order valence-corrected chi connectivity index (χ4v) is 1.44. The summed E-state index contributed by atoms with van der Waals surface area (Å²) in [4.78, 5) is 0. The summed E-state index contributed by atoms with van der Waals surface area (Å²) in [5.74, 6) is -0.108. The minimum atomic E-state index is -0.709. The van der Waals surface area contributed by atoms with Gasteiger partial charge in [0.2, 0.25) is 0 Å². The van der Waals surface area contributed by atoms with Gasteiger partial charge in [-0.2, -0.15) is 0 Å². The molecule has 0 bridgehead atoms. The number of aliphatic hydroxyl groups excluding tert-OH is 3. The Morgan fingerprint density at radius 1 is 1.20 bits per heavy atom. The first-order valence-corrected chi connectivity index (χ1v) is 3.72. The average molecular weight is 146 g/mol. The van der Waals surface area contributed by atoms with E-state index in [4.69, 9.17) is 10.2 Å². The lowest BCUT2D eigenvalue weighted by atomic mass is 9.85. The van der Waals surface area contributed by atoms with Gasteiger partial charge >= 0.3 is 0 Å². The van der Waals surface area contributed by atoms with Crippen molar-refractivity contribution in [3.8, 4) is 0 Å². The summed E-state index contributed by atoms with van der Waals surface area (Å²) < 4.78 is 0. The first kappa shape index (κ1) is 7.98. The minimum absolute atomic E-state index is 0.0156. The summed E-state index contributed by atoms with van der Waals surface area (Å²) in [6.45, 7) is -0.0156. The van der Waals surface area contributed by atoms with E-state index in [0.717, 1.165) is 12.8 Å². The molecule has 0 heterocycles. The van der Waals surface area contributed by atoms with Crippen LogP contribution in [0, 0.1) is 5.92 Å². The van der Waals surface area contributed by atoms with Crippen molar-refractivity contribution >= 4 is 0 Å². The second-order valence-electron chi connectivity index (χ2n) is 2.93. The number of rotatable bonds is 1. The van der Waals surface area contributed by atoms with Gasteiger partial charge in [0, 0.05) is 12.5 Å². The standard InChI is InChI=1S/C7H14O3/c8-4-5-2-1-3-6(9)7(5)10/h5-10H,1-4H2/t5-,6-,7-/m0/s1. The largest absolute Gasteiger partial charge is 0.396 e. The van der Waals surface area contributed by atoms with E-state index in [1.54, 1.807) is 0 Å². The van der Waals surface area contributed by atoms with Crippen LogP contribution in [0.4, 0.5) is 0 Å². The zero-order valence-electron chi connectivity index (χ0n) is 5.90. The maximum atomic E-state index is 9.23. The van der Waals surface area contributed by atoms with Crippen molar-refractivity contribution in [2.45, 2.75) is 31.5 Å². The van der Waals surface area contributed by atoms with Crippen LogP contribution in [-0.2, 0) is 0 Å². The molecule has 10 heavy (non-hydrogen) atoms. The van der Waals surface area contributed by atoms with E-state index in [1.807, 2.05) is 0 Å². The molecule has 0 aliphatic heterocycles. The molecule has 0 aromatic rings. The fourth-order valence-electron chi connectivity index (χ4n) is 1.44. The van der Waals surface area contributed by atoms with E-state index in [9.17, 15) is 5.11 Å². The highest BCUT2D eigenvalue weighted by molar-refractivity contribution is 4.80. The molecule has 3 heteroatoms. The lowest BCUT2D eigenvalue weighted by molar-refractivity contribution is -0.0585.